The fraction of sp³-hybridized carbons (Fsp3) is 0.217. The van der Waals surface area contributed by atoms with Crippen molar-refractivity contribution in [2.75, 3.05) is 12.4 Å². The summed E-state index contributed by atoms with van der Waals surface area (Å²) in [5.74, 6) is 0.877. The zero-order valence-corrected chi connectivity index (χ0v) is 17.1. The summed E-state index contributed by atoms with van der Waals surface area (Å²) in [7, 11) is 1.59. The van der Waals surface area contributed by atoms with Gasteiger partial charge in [0.2, 0.25) is 12.2 Å². The number of ether oxygens (including phenoxy) is 1. The summed E-state index contributed by atoms with van der Waals surface area (Å²) >= 11 is 0. The van der Waals surface area contributed by atoms with Crippen LogP contribution in [-0.4, -0.2) is 34.3 Å². The lowest BCUT2D eigenvalue weighted by molar-refractivity contribution is 0.102. The van der Waals surface area contributed by atoms with Crippen LogP contribution in [0.5, 0.6) is 5.75 Å². The van der Waals surface area contributed by atoms with Crippen LogP contribution >= 0.6 is 0 Å². The predicted octanol–water partition coefficient (Wildman–Crippen LogP) is 4.97. The summed E-state index contributed by atoms with van der Waals surface area (Å²) in [4.78, 5) is 21.2. The molecule has 2 aromatic heterocycles. The van der Waals surface area contributed by atoms with Gasteiger partial charge in [-0.2, -0.15) is 4.98 Å². The van der Waals surface area contributed by atoms with E-state index in [1.807, 2.05) is 43.3 Å². The van der Waals surface area contributed by atoms with Crippen LogP contribution < -0.4 is 10.1 Å². The first kappa shape index (κ1) is 20.5. The molecule has 0 bridgehead atoms. The molecule has 1 fully saturated rings. The number of nitrogens with zero attached hydrogens (tertiary/aromatic N) is 3. The summed E-state index contributed by atoms with van der Waals surface area (Å²) in [5, 5.41) is 8.34. The van der Waals surface area contributed by atoms with Gasteiger partial charge in [0.1, 0.15) is 11.9 Å². The van der Waals surface area contributed by atoms with Crippen LogP contribution in [0.4, 0.5) is 10.1 Å². The number of aryl methyl sites for hydroxylation is 1. The Labute approximate surface area is 178 Å². The quantitative estimate of drug-likeness (QED) is 0.501. The number of amides is 1. The lowest BCUT2D eigenvalue weighted by atomic mass is 10.1. The molecule has 0 atom stereocenters. The van der Waals surface area contributed by atoms with E-state index in [9.17, 15) is 9.18 Å². The van der Waals surface area contributed by atoms with E-state index in [1.165, 1.54) is 6.39 Å². The van der Waals surface area contributed by atoms with E-state index < -0.39 is 6.17 Å². The van der Waals surface area contributed by atoms with E-state index >= 15 is 0 Å². The normalized spacial score (nSPS) is 12.7. The lowest BCUT2D eigenvalue weighted by Gasteiger charge is -2.12. The lowest BCUT2D eigenvalue weighted by Crippen LogP contribution is -2.14. The Morgan fingerprint density at radius 1 is 1.19 bits per heavy atom. The van der Waals surface area contributed by atoms with E-state index in [1.54, 1.807) is 19.5 Å². The van der Waals surface area contributed by atoms with Crippen molar-refractivity contribution in [3.8, 4) is 17.1 Å². The van der Waals surface area contributed by atoms with Gasteiger partial charge in [0.15, 0.2) is 0 Å². The van der Waals surface area contributed by atoms with Crippen LogP contribution in [0, 0.1) is 6.92 Å². The molecule has 1 aliphatic rings. The van der Waals surface area contributed by atoms with E-state index in [2.05, 4.69) is 20.4 Å². The molecule has 0 saturated heterocycles. The van der Waals surface area contributed by atoms with Gasteiger partial charge in [-0.05, 0) is 37.5 Å². The summed E-state index contributed by atoms with van der Waals surface area (Å²) in [6.45, 7) is 1.92. The monoisotopic (exact) mass is 420 g/mol. The highest BCUT2D eigenvalue weighted by Gasteiger charge is 2.18. The van der Waals surface area contributed by atoms with Gasteiger partial charge in [0, 0.05) is 34.4 Å². The molecule has 1 saturated carbocycles. The van der Waals surface area contributed by atoms with Gasteiger partial charge in [0.05, 0.1) is 12.7 Å². The number of carbonyl (C=O) groups excluding carboxylic acids is 1. The van der Waals surface area contributed by atoms with Crippen molar-refractivity contribution in [3.63, 3.8) is 0 Å². The van der Waals surface area contributed by atoms with Crippen LogP contribution in [0.3, 0.4) is 0 Å². The van der Waals surface area contributed by atoms with Gasteiger partial charge in [-0.1, -0.05) is 29.4 Å². The fourth-order valence-corrected chi connectivity index (χ4v) is 2.97. The molecule has 0 radical (unpaired) electrons. The van der Waals surface area contributed by atoms with Gasteiger partial charge in [-0.25, -0.2) is 4.39 Å². The smallest absolute Gasteiger partial charge is 0.257 e. The van der Waals surface area contributed by atoms with Crippen molar-refractivity contribution in [3.05, 3.63) is 66.3 Å². The van der Waals surface area contributed by atoms with Crippen molar-refractivity contribution < 1.29 is 18.4 Å². The van der Waals surface area contributed by atoms with Crippen molar-refractivity contribution in [2.24, 2.45) is 0 Å². The Bertz CT molecular complexity index is 1210. The van der Waals surface area contributed by atoms with Crippen molar-refractivity contribution in [1.82, 2.24) is 15.1 Å². The topological polar surface area (TPSA) is 90.1 Å². The van der Waals surface area contributed by atoms with Crippen LogP contribution in [0.15, 0.2) is 59.7 Å². The predicted molar refractivity (Wildman–Crippen MR) is 115 cm³/mol. The number of fused-ring (bicyclic) bond motifs is 1. The molecule has 1 amide bonds. The Hall–Kier alpha value is -3.81. The minimum Gasteiger partial charge on any atom is -0.496 e. The molecule has 158 valence electrons. The van der Waals surface area contributed by atoms with Crippen molar-refractivity contribution >= 4 is 22.4 Å². The molecule has 5 rings (SSSR count). The summed E-state index contributed by atoms with van der Waals surface area (Å²) < 4.78 is 21.3. The molecule has 1 N–H and O–H groups in total. The highest BCUT2D eigenvalue weighted by atomic mass is 19.1. The average Bonchev–Trinajstić information content (AvgIpc) is 3.38. The molecule has 8 heteroatoms. The van der Waals surface area contributed by atoms with Crippen molar-refractivity contribution in [1.29, 1.82) is 0 Å². The first-order chi connectivity index (χ1) is 15.1. The maximum Gasteiger partial charge on any atom is 0.257 e. The molecule has 0 spiro atoms. The number of hydrogen-bond donors (Lipinski definition) is 1. The molecule has 7 nitrogen and oxygen atoms in total. The number of halogens is 1. The van der Waals surface area contributed by atoms with Crippen molar-refractivity contribution in [2.45, 2.75) is 25.9 Å². The molecule has 4 aromatic rings. The van der Waals surface area contributed by atoms with E-state index in [0.717, 1.165) is 34.7 Å². The number of hydrogen-bond acceptors (Lipinski definition) is 6. The van der Waals surface area contributed by atoms with E-state index in [0.29, 0.717) is 22.8 Å². The molecule has 2 aromatic carbocycles. The summed E-state index contributed by atoms with van der Waals surface area (Å²) in [5.41, 5.74) is 2.81. The molecular formula is C23H21FN4O3. The second-order valence-corrected chi connectivity index (χ2v) is 7.16. The second kappa shape index (κ2) is 8.91. The van der Waals surface area contributed by atoms with Gasteiger partial charge in [-0.15, -0.1) is 0 Å². The molecule has 31 heavy (non-hydrogen) atoms. The highest BCUT2D eigenvalue weighted by Crippen LogP contribution is 2.28. The Morgan fingerprint density at radius 2 is 2.00 bits per heavy atom. The minimum atomic E-state index is -0.417. The van der Waals surface area contributed by atoms with Gasteiger partial charge < -0.3 is 14.6 Å². The van der Waals surface area contributed by atoms with Gasteiger partial charge in [-0.3, -0.25) is 9.78 Å². The number of alkyl halides is 1. The largest absolute Gasteiger partial charge is 0.496 e. The first-order valence-corrected chi connectivity index (χ1v) is 9.80. The summed E-state index contributed by atoms with van der Waals surface area (Å²) in [6.07, 6.45) is 5.73. The standard InChI is InChI=1S/C20H16N4O3.C3H5F/c1-12-6-7-13(19-22-11-27-24-19)8-17(12)23-20(25)16-10-21-9-15-14(16)4-3-5-18(15)26-2;4-3-1-2-3/h3-11H,1-2H3,(H,23,25);3H,1-2H2. The zero-order chi connectivity index (χ0) is 21.8. The SMILES string of the molecule is COc1cccc2c(C(=O)Nc3cc(-c4ncon4)ccc3C)cncc12.FC1CC1. The summed E-state index contributed by atoms with van der Waals surface area (Å²) in [6, 6.07) is 11.1. The minimum absolute atomic E-state index is 0.255. The average molecular weight is 420 g/mol. The number of methoxy groups -OCH3 is 1. The number of aromatic nitrogens is 3. The highest BCUT2D eigenvalue weighted by molar-refractivity contribution is 6.13. The molecule has 1 aliphatic carbocycles. The fourth-order valence-electron chi connectivity index (χ4n) is 2.97. The molecule has 0 aliphatic heterocycles. The number of nitrogens with one attached hydrogen (secondary N) is 1. The maximum atomic E-state index is 12.9. The molecular weight excluding hydrogens is 399 g/mol. The first-order valence-electron chi connectivity index (χ1n) is 9.80. The van der Waals surface area contributed by atoms with Gasteiger partial charge in [0.25, 0.3) is 5.91 Å². The van der Waals surface area contributed by atoms with E-state index in [-0.39, 0.29) is 5.91 Å². The second-order valence-electron chi connectivity index (χ2n) is 7.16. The Morgan fingerprint density at radius 3 is 2.68 bits per heavy atom. The third kappa shape index (κ3) is 4.69. The Balaban J connectivity index is 0.000000520. The third-order valence-electron chi connectivity index (χ3n) is 4.84. The number of carbonyl (C=O) groups is 1. The third-order valence-corrected chi connectivity index (χ3v) is 4.84. The number of rotatable bonds is 4. The molecule has 2 heterocycles. The van der Waals surface area contributed by atoms with Crippen LogP contribution in [0.1, 0.15) is 28.8 Å². The molecule has 0 unspecified atom stereocenters. The van der Waals surface area contributed by atoms with Crippen LogP contribution in [0.2, 0.25) is 0 Å². The van der Waals surface area contributed by atoms with Crippen LogP contribution in [0.25, 0.3) is 22.2 Å². The number of anilines is 1. The van der Waals surface area contributed by atoms with E-state index in [4.69, 9.17) is 9.26 Å². The van der Waals surface area contributed by atoms with Gasteiger partial charge >= 0.3 is 0 Å². The van der Waals surface area contributed by atoms with Crippen LogP contribution in [-0.2, 0) is 0 Å². The number of pyridine rings is 1. The maximum absolute atomic E-state index is 12.9. The Kier molecular flexibility index (Phi) is 5.88. The zero-order valence-electron chi connectivity index (χ0n) is 17.1. The number of benzene rings is 2.